The van der Waals surface area contributed by atoms with Gasteiger partial charge in [-0.3, -0.25) is 4.79 Å². The van der Waals surface area contributed by atoms with Crippen molar-refractivity contribution in [1.29, 1.82) is 0 Å². The molecule has 0 fully saturated rings. The number of carbonyl (C=O) groups is 2. The molecule has 0 rings (SSSR count). The van der Waals surface area contributed by atoms with E-state index in [0.717, 1.165) is 0 Å². The van der Waals surface area contributed by atoms with Gasteiger partial charge in [0.25, 0.3) is 0 Å². The van der Waals surface area contributed by atoms with Crippen LogP contribution >= 0.6 is 0 Å². The molecule has 0 bridgehead atoms. The van der Waals surface area contributed by atoms with Gasteiger partial charge in [0.05, 0.1) is 13.5 Å². The third kappa shape index (κ3) is 4.36. The molecule has 0 aromatic heterocycles. The van der Waals surface area contributed by atoms with Crippen LogP contribution in [0.1, 0.15) is 13.8 Å². The fraction of sp³-hybridized carbons (Fsp3) is 0.571. The molecule has 0 aliphatic rings. The molecule has 4 heteroatoms. The largest absolute Gasteiger partial charge is 0.463 e. The Morgan fingerprint density at radius 2 is 2.09 bits per heavy atom. The Balaban J connectivity index is 3.73. The van der Waals surface area contributed by atoms with Crippen molar-refractivity contribution >= 4 is 11.9 Å². The number of ether oxygens (including phenoxy) is 2. The van der Waals surface area contributed by atoms with Crippen molar-refractivity contribution in [2.45, 2.75) is 20.0 Å². The third-order valence-corrected chi connectivity index (χ3v) is 0.927. The maximum Gasteiger partial charge on any atom is 0.347 e. The Hall–Kier alpha value is -1.06. The van der Waals surface area contributed by atoms with Crippen molar-refractivity contribution in [1.82, 2.24) is 0 Å². The second kappa shape index (κ2) is 4.71. The molecule has 1 atom stereocenters. The van der Waals surface area contributed by atoms with Gasteiger partial charge in [0.15, 0.2) is 6.10 Å². The zero-order valence-corrected chi connectivity index (χ0v) is 6.62. The molecule has 1 unspecified atom stereocenters. The molecule has 0 N–H and O–H groups in total. The summed E-state index contributed by atoms with van der Waals surface area (Å²) < 4.78 is 9.00. The Morgan fingerprint density at radius 1 is 1.55 bits per heavy atom. The molecule has 0 saturated carbocycles. The highest BCUT2D eigenvalue weighted by Gasteiger charge is 2.15. The fourth-order valence-corrected chi connectivity index (χ4v) is 0.505. The summed E-state index contributed by atoms with van der Waals surface area (Å²) in [5, 5.41) is 0. The van der Waals surface area contributed by atoms with Gasteiger partial charge in [-0.1, -0.05) is 0 Å². The van der Waals surface area contributed by atoms with Crippen molar-refractivity contribution < 1.29 is 19.1 Å². The van der Waals surface area contributed by atoms with Gasteiger partial charge in [-0.2, -0.15) is 0 Å². The van der Waals surface area contributed by atoms with E-state index in [1.54, 1.807) is 6.92 Å². The summed E-state index contributed by atoms with van der Waals surface area (Å²) in [5.41, 5.74) is 0. The minimum absolute atomic E-state index is 0.276. The molecule has 0 amide bonds. The molecule has 0 spiro atoms. The first-order valence-corrected chi connectivity index (χ1v) is 3.27. The molecule has 63 valence electrons. The van der Waals surface area contributed by atoms with Crippen LogP contribution in [0.5, 0.6) is 0 Å². The average molecular weight is 159 g/mol. The van der Waals surface area contributed by atoms with E-state index in [1.165, 1.54) is 6.92 Å². The Kier molecular flexibility index (Phi) is 4.26. The van der Waals surface area contributed by atoms with Crippen LogP contribution in [0.15, 0.2) is 0 Å². The molecule has 0 saturated heterocycles. The predicted molar refractivity (Wildman–Crippen MR) is 37.5 cm³/mol. The molecule has 0 aromatic carbocycles. The zero-order chi connectivity index (χ0) is 8.85. The molecule has 11 heavy (non-hydrogen) atoms. The standard InChI is InChI=1S/C7H11O4/c1-4-10-7(9)5(2)11-6(3)8/h5H,3-4H2,1-2H3. The second-order valence-electron chi connectivity index (χ2n) is 1.88. The van der Waals surface area contributed by atoms with Crippen LogP contribution < -0.4 is 0 Å². The first-order chi connectivity index (χ1) is 5.07. The van der Waals surface area contributed by atoms with Crippen LogP contribution in [-0.2, 0) is 19.1 Å². The highest BCUT2D eigenvalue weighted by Crippen LogP contribution is 1.94. The van der Waals surface area contributed by atoms with Crippen LogP contribution in [0.4, 0.5) is 0 Å². The lowest BCUT2D eigenvalue weighted by Crippen LogP contribution is -2.25. The molecule has 0 aliphatic heterocycles. The molecular weight excluding hydrogens is 148 g/mol. The van der Waals surface area contributed by atoms with E-state index in [1.807, 2.05) is 0 Å². The minimum Gasteiger partial charge on any atom is -0.463 e. The van der Waals surface area contributed by atoms with E-state index >= 15 is 0 Å². The Morgan fingerprint density at radius 3 is 2.45 bits per heavy atom. The van der Waals surface area contributed by atoms with Crippen LogP contribution in [0.2, 0.25) is 0 Å². The first-order valence-electron chi connectivity index (χ1n) is 3.27. The van der Waals surface area contributed by atoms with Crippen molar-refractivity contribution in [3.05, 3.63) is 6.92 Å². The van der Waals surface area contributed by atoms with E-state index in [-0.39, 0.29) is 6.61 Å². The number of hydrogen-bond acceptors (Lipinski definition) is 4. The molecule has 0 aliphatic carbocycles. The lowest BCUT2D eigenvalue weighted by Gasteiger charge is -2.09. The van der Waals surface area contributed by atoms with Gasteiger partial charge in [-0.25, -0.2) is 4.79 Å². The third-order valence-electron chi connectivity index (χ3n) is 0.927. The van der Waals surface area contributed by atoms with Crippen LogP contribution in [0.25, 0.3) is 0 Å². The summed E-state index contributed by atoms with van der Waals surface area (Å²) >= 11 is 0. The number of carbonyl (C=O) groups excluding carboxylic acids is 2. The van der Waals surface area contributed by atoms with Crippen molar-refractivity contribution in [3.63, 3.8) is 0 Å². The van der Waals surface area contributed by atoms with Gasteiger partial charge in [-0.15, -0.1) is 0 Å². The van der Waals surface area contributed by atoms with Crippen LogP contribution in [-0.4, -0.2) is 24.6 Å². The highest BCUT2D eigenvalue weighted by molar-refractivity contribution is 5.80. The smallest absolute Gasteiger partial charge is 0.347 e. The lowest BCUT2D eigenvalue weighted by atomic mass is 10.4. The van der Waals surface area contributed by atoms with Gasteiger partial charge >= 0.3 is 11.9 Å². The van der Waals surface area contributed by atoms with Crippen molar-refractivity contribution in [2.75, 3.05) is 6.61 Å². The maximum absolute atomic E-state index is 10.8. The average Bonchev–Trinajstić information content (AvgIpc) is 1.86. The van der Waals surface area contributed by atoms with Crippen LogP contribution in [0, 0.1) is 6.92 Å². The SMILES string of the molecule is [CH2]C(=O)OC(C)C(=O)OCC. The van der Waals surface area contributed by atoms with Gasteiger partial charge in [0.2, 0.25) is 0 Å². The highest BCUT2D eigenvalue weighted by atomic mass is 16.6. The summed E-state index contributed by atoms with van der Waals surface area (Å²) in [6, 6.07) is 0. The van der Waals surface area contributed by atoms with E-state index in [2.05, 4.69) is 16.4 Å². The summed E-state index contributed by atoms with van der Waals surface area (Å²) in [5.74, 6) is -1.28. The predicted octanol–water partition coefficient (Wildman–Crippen LogP) is 0.315. The molecule has 0 aromatic rings. The second-order valence-corrected chi connectivity index (χ2v) is 1.88. The fourth-order valence-electron chi connectivity index (χ4n) is 0.505. The number of esters is 2. The normalized spacial score (nSPS) is 11.9. The zero-order valence-electron chi connectivity index (χ0n) is 6.62. The topological polar surface area (TPSA) is 52.6 Å². The van der Waals surface area contributed by atoms with E-state index in [4.69, 9.17) is 0 Å². The van der Waals surface area contributed by atoms with E-state index < -0.39 is 18.0 Å². The monoisotopic (exact) mass is 159 g/mol. The Bertz CT molecular complexity index is 153. The van der Waals surface area contributed by atoms with Gasteiger partial charge in [0, 0.05) is 0 Å². The van der Waals surface area contributed by atoms with Crippen LogP contribution in [0.3, 0.4) is 0 Å². The maximum atomic E-state index is 10.8. The summed E-state index contributed by atoms with van der Waals surface area (Å²) in [6.45, 7) is 6.34. The van der Waals surface area contributed by atoms with Gasteiger partial charge in [0.1, 0.15) is 0 Å². The number of hydrogen-bond donors (Lipinski definition) is 0. The molecule has 1 radical (unpaired) electrons. The lowest BCUT2D eigenvalue weighted by molar-refractivity contribution is -0.163. The first kappa shape index (κ1) is 9.94. The molecular formula is C7H11O4. The number of rotatable bonds is 3. The summed E-state index contributed by atoms with van der Waals surface area (Å²) in [7, 11) is 0. The van der Waals surface area contributed by atoms with Gasteiger partial charge < -0.3 is 9.47 Å². The van der Waals surface area contributed by atoms with Gasteiger partial charge in [-0.05, 0) is 13.8 Å². The molecule has 0 heterocycles. The van der Waals surface area contributed by atoms with E-state index in [9.17, 15) is 9.59 Å². The summed E-state index contributed by atoms with van der Waals surface area (Å²) in [6.07, 6.45) is -0.861. The summed E-state index contributed by atoms with van der Waals surface area (Å²) in [4.78, 5) is 21.0. The Labute approximate surface area is 65.5 Å². The van der Waals surface area contributed by atoms with E-state index in [0.29, 0.717) is 0 Å². The minimum atomic E-state index is -0.861. The molecule has 4 nitrogen and oxygen atoms in total. The van der Waals surface area contributed by atoms with Crippen molar-refractivity contribution in [2.24, 2.45) is 0 Å². The van der Waals surface area contributed by atoms with Crippen molar-refractivity contribution in [3.8, 4) is 0 Å². The quantitative estimate of drug-likeness (QED) is 0.556.